The number of nitrogens with one attached hydrogen (secondary N) is 2. The number of nitrogens with zero attached hydrogens (tertiary/aromatic N) is 2. The smallest absolute Gasteiger partial charge is 0.262 e. The molecular weight excluding hydrogens is 314 g/mol. The molecule has 3 rings (SSSR count). The Hall–Kier alpha value is -2.28. The molecule has 0 saturated carbocycles. The first-order valence-electron chi connectivity index (χ1n) is 7.87. The Kier molecular flexibility index (Phi) is 4.36. The zero-order valence-electron chi connectivity index (χ0n) is 13.6. The van der Waals surface area contributed by atoms with Gasteiger partial charge in [0.15, 0.2) is 0 Å². The molecule has 128 valence electrons. The number of rotatable bonds is 4. The molecule has 24 heavy (non-hydrogen) atoms. The van der Waals surface area contributed by atoms with Crippen molar-refractivity contribution in [1.82, 2.24) is 20.2 Å². The van der Waals surface area contributed by atoms with Crippen molar-refractivity contribution in [3.05, 3.63) is 48.0 Å². The molecule has 2 aromatic rings. The first-order chi connectivity index (χ1) is 11.4. The maximum absolute atomic E-state index is 13.2. The lowest BCUT2D eigenvalue weighted by molar-refractivity contribution is -0.124. The summed E-state index contributed by atoms with van der Waals surface area (Å²) < 4.78 is 28.3. The minimum absolute atomic E-state index is 0.258. The number of carbonyl (C=O) groups is 1. The molecule has 1 amide bonds. The summed E-state index contributed by atoms with van der Waals surface area (Å²) in [5.41, 5.74) is 1.89. The van der Waals surface area contributed by atoms with E-state index in [2.05, 4.69) is 15.6 Å². The Labute approximate surface area is 139 Å². The van der Waals surface area contributed by atoms with E-state index in [1.54, 1.807) is 6.20 Å². The number of carbonyl (C=O) groups excluding carboxylic acids is 1. The molecule has 2 heterocycles. The average molecular weight is 334 g/mol. The molecule has 1 aromatic heterocycles. The molecule has 1 aliphatic heterocycles. The summed E-state index contributed by atoms with van der Waals surface area (Å²) in [6.45, 7) is 3.31. The first kappa shape index (κ1) is 16.6. The van der Waals surface area contributed by atoms with E-state index in [9.17, 15) is 13.6 Å². The summed E-state index contributed by atoms with van der Waals surface area (Å²) >= 11 is 0. The van der Waals surface area contributed by atoms with Crippen LogP contribution < -0.4 is 10.6 Å². The Morgan fingerprint density at radius 2 is 2.12 bits per heavy atom. The lowest BCUT2D eigenvalue weighted by atomic mass is 10.1. The van der Waals surface area contributed by atoms with Crippen LogP contribution >= 0.6 is 0 Å². The van der Waals surface area contributed by atoms with Gasteiger partial charge < -0.3 is 9.88 Å². The highest BCUT2D eigenvalue weighted by Gasteiger charge is 2.42. The third kappa shape index (κ3) is 3.46. The monoisotopic (exact) mass is 334 g/mol. The van der Waals surface area contributed by atoms with Crippen LogP contribution in [0.25, 0.3) is 5.69 Å². The Morgan fingerprint density at radius 1 is 1.42 bits per heavy atom. The number of aryl methyl sites for hydroxylation is 1. The molecule has 1 aliphatic rings. The maximum Gasteiger partial charge on any atom is 0.262 e. The highest BCUT2D eigenvalue weighted by Crippen LogP contribution is 2.25. The third-order valence-corrected chi connectivity index (χ3v) is 4.28. The highest BCUT2D eigenvalue weighted by molar-refractivity contribution is 5.82. The fourth-order valence-corrected chi connectivity index (χ4v) is 2.87. The van der Waals surface area contributed by atoms with Gasteiger partial charge >= 0.3 is 0 Å². The molecule has 2 atom stereocenters. The van der Waals surface area contributed by atoms with Crippen LogP contribution in [0.1, 0.15) is 30.8 Å². The lowest BCUT2D eigenvalue weighted by Gasteiger charge is -2.18. The van der Waals surface area contributed by atoms with Gasteiger partial charge in [-0.15, -0.1) is 0 Å². The molecule has 1 aromatic carbocycles. The molecule has 7 heteroatoms. The van der Waals surface area contributed by atoms with Gasteiger partial charge in [0.2, 0.25) is 5.91 Å². The summed E-state index contributed by atoms with van der Waals surface area (Å²) in [6, 6.07) is 6.61. The van der Waals surface area contributed by atoms with Gasteiger partial charge in [0.25, 0.3) is 5.92 Å². The molecule has 0 radical (unpaired) electrons. The SMILES string of the molecule is Cc1nccn1-c1ccc(C(C)NC(=O)C2CC(F)(F)CN2)cc1. The van der Waals surface area contributed by atoms with Crippen LogP contribution in [0.4, 0.5) is 8.78 Å². The summed E-state index contributed by atoms with van der Waals surface area (Å²) in [5, 5.41) is 5.35. The predicted octanol–water partition coefficient (Wildman–Crippen LogP) is 2.36. The molecular formula is C17H20F2N4O. The molecule has 1 fully saturated rings. The van der Waals surface area contributed by atoms with E-state index in [0.717, 1.165) is 17.1 Å². The van der Waals surface area contributed by atoms with Crippen LogP contribution in [0.3, 0.4) is 0 Å². The molecule has 5 nitrogen and oxygen atoms in total. The van der Waals surface area contributed by atoms with Crippen molar-refractivity contribution in [1.29, 1.82) is 0 Å². The van der Waals surface area contributed by atoms with Gasteiger partial charge in [0.1, 0.15) is 5.82 Å². The van der Waals surface area contributed by atoms with Crippen LogP contribution in [-0.2, 0) is 4.79 Å². The van der Waals surface area contributed by atoms with E-state index < -0.39 is 30.8 Å². The number of aromatic nitrogens is 2. The molecule has 1 saturated heterocycles. The Morgan fingerprint density at radius 3 is 2.67 bits per heavy atom. The standard InChI is InChI=1S/C17H20F2N4O/c1-11(22-16(24)15-9-17(18,19)10-21-15)13-3-5-14(6-4-13)23-8-7-20-12(23)2/h3-8,11,15,21H,9-10H2,1-2H3,(H,22,24). The van der Waals surface area contributed by atoms with Crippen LogP contribution in [0.15, 0.2) is 36.7 Å². The predicted molar refractivity (Wildman–Crippen MR) is 86.2 cm³/mol. The van der Waals surface area contributed by atoms with Gasteiger partial charge in [-0.1, -0.05) is 12.1 Å². The van der Waals surface area contributed by atoms with Gasteiger partial charge in [0, 0.05) is 24.5 Å². The molecule has 2 unspecified atom stereocenters. The zero-order chi connectivity index (χ0) is 17.3. The summed E-state index contributed by atoms with van der Waals surface area (Å²) in [4.78, 5) is 16.3. The number of benzene rings is 1. The fourth-order valence-electron chi connectivity index (χ4n) is 2.87. The van der Waals surface area contributed by atoms with E-state index in [4.69, 9.17) is 0 Å². The summed E-state index contributed by atoms with van der Waals surface area (Å²) in [5.74, 6) is -2.32. The van der Waals surface area contributed by atoms with Crippen molar-refractivity contribution in [3.8, 4) is 5.69 Å². The summed E-state index contributed by atoms with van der Waals surface area (Å²) in [7, 11) is 0. The second-order valence-electron chi connectivity index (χ2n) is 6.16. The highest BCUT2D eigenvalue weighted by atomic mass is 19.3. The van der Waals surface area contributed by atoms with Crippen molar-refractivity contribution in [2.45, 2.75) is 38.3 Å². The fraction of sp³-hybridized carbons (Fsp3) is 0.412. The molecule has 2 N–H and O–H groups in total. The molecule has 0 spiro atoms. The van der Waals surface area contributed by atoms with Crippen molar-refractivity contribution < 1.29 is 13.6 Å². The average Bonchev–Trinajstić information content (AvgIpc) is 3.12. The second kappa shape index (κ2) is 6.32. The Balaban J connectivity index is 1.64. The van der Waals surface area contributed by atoms with Gasteiger partial charge in [-0.2, -0.15) is 0 Å². The van der Waals surface area contributed by atoms with Crippen LogP contribution in [0.2, 0.25) is 0 Å². The van der Waals surface area contributed by atoms with Crippen LogP contribution in [-0.4, -0.2) is 34.0 Å². The van der Waals surface area contributed by atoms with Crippen LogP contribution in [0, 0.1) is 6.92 Å². The number of hydrogen-bond acceptors (Lipinski definition) is 3. The van der Waals surface area contributed by atoms with Gasteiger partial charge in [-0.3, -0.25) is 10.1 Å². The van der Waals surface area contributed by atoms with Gasteiger partial charge in [-0.25, -0.2) is 13.8 Å². The number of alkyl halides is 2. The topological polar surface area (TPSA) is 59.0 Å². The minimum atomic E-state index is -2.81. The molecule has 0 aliphatic carbocycles. The van der Waals surface area contributed by atoms with E-state index in [1.165, 1.54) is 0 Å². The third-order valence-electron chi connectivity index (χ3n) is 4.28. The number of halogens is 2. The van der Waals surface area contributed by atoms with Gasteiger partial charge in [-0.05, 0) is 31.5 Å². The number of amides is 1. The van der Waals surface area contributed by atoms with E-state index in [1.807, 2.05) is 48.9 Å². The van der Waals surface area contributed by atoms with Gasteiger partial charge in [0.05, 0.1) is 18.6 Å². The quantitative estimate of drug-likeness (QED) is 0.902. The number of imidazole rings is 1. The normalized spacial score (nSPS) is 20.8. The van der Waals surface area contributed by atoms with Crippen molar-refractivity contribution >= 4 is 5.91 Å². The first-order valence-corrected chi connectivity index (χ1v) is 7.87. The molecule has 0 bridgehead atoms. The van der Waals surface area contributed by atoms with Crippen LogP contribution in [0.5, 0.6) is 0 Å². The maximum atomic E-state index is 13.2. The summed E-state index contributed by atoms with van der Waals surface area (Å²) in [6.07, 6.45) is 3.16. The van der Waals surface area contributed by atoms with Crippen molar-refractivity contribution in [2.24, 2.45) is 0 Å². The Bertz CT molecular complexity index is 726. The van der Waals surface area contributed by atoms with E-state index in [0.29, 0.717) is 0 Å². The van der Waals surface area contributed by atoms with E-state index in [-0.39, 0.29) is 6.04 Å². The zero-order valence-corrected chi connectivity index (χ0v) is 13.6. The van der Waals surface area contributed by atoms with Crippen molar-refractivity contribution in [3.63, 3.8) is 0 Å². The number of hydrogen-bond donors (Lipinski definition) is 2. The second-order valence-corrected chi connectivity index (χ2v) is 6.16. The van der Waals surface area contributed by atoms with Crippen molar-refractivity contribution in [2.75, 3.05) is 6.54 Å². The van der Waals surface area contributed by atoms with E-state index >= 15 is 0 Å². The largest absolute Gasteiger partial charge is 0.348 e. The lowest BCUT2D eigenvalue weighted by Crippen LogP contribution is -2.41. The minimum Gasteiger partial charge on any atom is -0.348 e.